The monoisotopic (exact) mass is 489 g/mol. The van der Waals surface area contributed by atoms with Gasteiger partial charge in [0, 0.05) is 32.8 Å². The lowest BCUT2D eigenvalue weighted by Crippen LogP contribution is -2.39. The molecule has 1 atom stereocenters. The molecule has 0 saturated heterocycles. The van der Waals surface area contributed by atoms with E-state index in [0.29, 0.717) is 12.5 Å². The van der Waals surface area contributed by atoms with Crippen molar-refractivity contribution < 1.29 is 0 Å². The number of guanidine groups is 1. The highest BCUT2D eigenvalue weighted by molar-refractivity contribution is 14.0. The van der Waals surface area contributed by atoms with Crippen molar-refractivity contribution in [2.75, 3.05) is 13.6 Å². The van der Waals surface area contributed by atoms with Crippen LogP contribution in [0.4, 0.5) is 0 Å². The molecule has 3 aromatic rings. The second-order valence-corrected chi connectivity index (χ2v) is 6.55. The van der Waals surface area contributed by atoms with Crippen molar-refractivity contribution in [2.24, 2.45) is 12.0 Å². The van der Waals surface area contributed by atoms with Crippen molar-refractivity contribution in [3.05, 3.63) is 89.7 Å². The Balaban J connectivity index is 0.00000280. The fourth-order valence-electron chi connectivity index (χ4n) is 3.12. The first-order valence-electron chi connectivity index (χ1n) is 9.26. The van der Waals surface area contributed by atoms with Crippen LogP contribution in [-0.2, 0) is 20.0 Å². The molecule has 0 amide bonds. The second-order valence-electron chi connectivity index (χ2n) is 6.55. The SMILES string of the molecule is CN=C(NCc1ccnn1C)NCC(Cc1ccccc1)c1ccccc1.I. The number of halogens is 1. The molecular formula is C22H28IN5. The number of rotatable bonds is 7. The summed E-state index contributed by atoms with van der Waals surface area (Å²) >= 11 is 0. The molecule has 0 spiro atoms. The van der Waals surface area contributed by atoms with E-state index >= 15 is 0 Å². The molecule has 2 aromatic carbocycles. The van der Waals surface area contributed by atoms with Gasteiger partial charge in [0.05, 0.1) is 12.2 Å². The highest BCUT2D eigenvalue weighted by atomic mass is 127. The lowest BCUT2D eigenvalue weighted by atomic mass is 9.92. The van der Waals surface area contributed by atoms with Crippen molar-refractivity contribution in [3.8, 4) is 0 Å². The van der Waals surface area contributed by atoms with Gasteiger partial charge in [-0.05, 0) is 23.6 Å². The van der Waals surface area contributed by atoms with Gasteiger partial charge in [-0.1, -0.05) is 60.7 Å². The lowest BCUT2D eigenvalue weighted by molar-refractivity contribution is 0.637. The molecule has 0 bridgehead atoms. The van der Waals surface area contributed by atoms with Crippen LogP contribution in [-0.4, -0.2) is 29.3 Å². The Labute approximate surface area is 184 Å². The Morgan fingerprint density at radius 1 is 1.00 bits per heavy atom. The maximum absolute atomic E-state index is 4.35. The summed E-state index contributed by atoms with van der Waals surface area (Å²) in [7, 11) is 3.74. The van der Waals surface area contributed by atoms with Gasteiger partial charge in [-0.2, -0.15) is 5.10 Å². The van der Waals surface area contributed by atoms with E-state index in [1.165, 1.54) is 11.1 Å². The Kier molecular flexibility index (Phi) is 9.00. The minimum Gasteiger partial charge on any atom is -0.356 e. The molecule has 0 saturated carbocycles. The zero-order valence-corrected chi connectivity index (χ0v) is 18.7. The second kappa shape index (κ2) is 11.5. The number of hydrogen-bond donors (Lipinski definition) is 2. The zero-order chi connectivity index (χ0) is 18.9. The minimum absolute atomic E-state index is 0. The average molecular weight is 489 g/mol. The van der Waals surface area contributed by atoms with Crippen molar-refractivity contribution in [1.82, 2.24) is 20.4 Å². The van der Waals surface area contributed by atoms with E-state index in [1.807, 2.05) is 17.8 Å². The average Bonchev–Trinajstić information content (AvgIpc) is 3.13. The van der Waals surface area contributed by atoms with Crippen LogP contribution in [0.15, 0.2) is 77.9 Å². The molecule has 0 aliphatic rings. The van der Waals surface area contributed by atoms with Crippen LogP contribution in [0.25, 0.3) is 0 Å². The molecular weight excluding hydrogens is 461 g/mol. The Bertz CT molecular complexity index is 846. The van der Waals surface area contributed by atoms with Crippen molar-refractivity contribution in [2.45, 2.75) is 18.9 Å². The third kappa shape index (κ3) is 6.37. The normalized spacial score (nSPS) is 12.1. The topological polar surface area (TPSA) is 54.2 Å². The highest BCUT2D eigenvalue weighted by Gasteiger charge is 2.13. The summed E-state index contributed by atoms with van der Waals surface area (Å²) in [5.74, 6) is 1.16. The van der Waals surface area contributed by atoms with Crippen LogP contribution >= 0.6 is 24.0 Å². The fourth-order valence-corrected chi connectivity index (χ4v) is 3.12. The van der Waals surface area contributed by atoms with Crippen LogP contribution < -0.4 is 10.6 Å². The molecule has 3 rings (SSSR count). The standard InChI is InChI=1S/C22H27N5.HI/c1-23-22(25-17-21-13-14-26-27(21)2)24-16-20(19-11-7-4-8-12-19)15-18-9-5-3-6-10-18;/h3-14,20H,15-17H2,1-2H3,(H2,23,24,25);1H. The molecule has 0 radical (unpaired) electrons. The van der Waals surface area contributed by atoms with Gasteiger partial charge in [-0.3, -0.25) is 9.67 Å². The summed E-state index contributed by atoms with van der Waals surface area (Å²) in [6, 6.07) is 23.3. The molecule has 6 heteroatoms. The maximum atomic E-state index is 4.35. The number of aryl methyl sites for hydroxylation is 1. The third-order valence-corrected chi connectivity index (χ3v) is 4.69. The number of hydrogen-bond acceptors (Lipinski definition) is 2. The van der Waals surface area contributed by atoms with Gasteiger partial charge in [0.15, 0.2) is 5.96 Å². The van der Waals surface area contributed by atoms with E-state index in [2.05, 4.69) is 81.4 Å². The molecule has 1 heterocycles. The fraction of sp³-hybridized carbons (Fsp3) is 0.273. The third-order valence-electron chi connectivity index (χ3n) is 4.69. The summed E-state index contributed by atoms with van der Waals surface area (Å²) < 4.78 is 1.86. The first-order valence-corrected chi connectivity index (χ1v) is 9.26. The minimum atomic E-state index is 0. The van der Waals surface area contributed by atoms with Crippen LogP contribution in [0.1, 0.15) is 22.7 Å². The largest absolute Gasteiger partial charge is 0.356 e. The van der Waals surface area contributed by atoms with Crippen LogP contribution in [0, 0.1) is 0 Å². The summed E-state index contributed by atoms with van der Waals surface area (Å²) in [5.41, 5.74) is 3.78. The van der Waals surface area contributed by atoms with E-state index in [4.69, 9.17) is 0 Å². The molecule has 0 fully saturated rings. The van der Waals surface area contributed by atoms with Gasteiger partial charge >= 0.3 is 0 Å². The van der Waals surface area contributed by atoms with Crippen molar-refractivity contribution in [1.29, 1.82) is 0 Å². The van der Waals surface area contributed by atoms with Crippen LogP contribution in [0.2, 0.25) is 0 Å². The molecule has 0 aliphatic heterocycles. The molecule has 1 unspecified atom stereocenters. The summed E-state index contributed by atoms with van der Waals surface area (Å²) in [4.78, 5) is 4.35. The molecule has 28 heavy (non-hydrogen) atoms. The van der Waals surface area contributed by atoms with Gasteiger partial charge in [-0.25, -0.2) is 0 Å². The predicted octanol–water partition coefficient (Wildman–Crippen LogP) is 3.73. The Hall–Kier alpha value is -2.35. The first-order chi connectivity index (χ1) is 13.3. The predicted molar refractivity (Wildman–Crippen MR) is 126 cm³/mol. The van der Waals surface area contributed by atoms with Crippen molar-refractivity contribution >= 4 is 29.9 Å². The quantitative estimate of drug-likeness (QED) is 0.302. The number of aromatic nitrogens is 2. The summed E-state index contributed by atoms with van der Waals surface area (Å²) in [6.45, 7) is 1.49. The lowest BCUT2D eigenvalue weighted by Gasteiger charge is -2.20. The number of nitrogens with one attached hydrogen (secondary N) is 2. The summed E-state index contributed by atoms with van der Waals surface area (Å²) in [6.07, 6.45) is 2.79. The van der Waals surface area contributed by atoms with E-state index in [0.717, 1.165) is 24.6 Å². The highest BCUT2D eigenvalue weighted by Crippen LogP contribution is 2.20. The zero-order valence-electron chi connectivity index (χ0n) is 16.4. The Morgan fingerprint density at radius 3 is 2.29 bits per heavy atom. The van der Waals surface area contributed by atoms with E-state index in [-0.39, 0.29) is 24.0 Å². The molecule has 148 valence electrons. The molecule has 5 nitrogen and oxygen atoms in total. The van der Waals surface area contributed by atoms with E-state index in [9.17, 15) is 0 Å². The van der Waals surface area contributed by atoms with Crippen LogP contribution in [0.3, 0.4) is 0 Å². The molecule has 0 aliphatic carbocycles. The van der Waals surface area contributed by atoms with E-state index < -0.39 is 0 Å². The number of nitrogens with zero attached hydrogens (tertiary/aromatic N) is 3. The van der Waals surface area contributed by atoms with Crippen LogP contribution in [0.5, 0.6) is 0 Å². The molecule has 1 aromatic heterocycles. The molecule has 2 N–H and O–H groups in total. The Morgan fingerprint density at radius 2 is 1.68 bits per heavy atom. The van der Waals surface area contributed by atoms with E-state index in [1.54, 1.807) is 13.2 Å². The maximum Gasteiger partial charge on any atom is 0.191 e. The smallest absolute Gasteiger partial charge is 0.191 e. The van der Waals surface area contributed by atoms with Gasteiger partial charge in [0.25, 0.3) is 0 Å². The number of benzene rings is 2. The van der Waals surface area contributed by atoms with Gasteiger partial charge < -0.3 is 10.6 Å². The summed E-state index contributed by atoms with van der Waals surface area (Å²) in [5, 5.41) is 11.0. The van der Waals surface area contributed by atoms with Gasteiger partial charge in [0.2, 0.25) is 0 Å². The first kappa shape index (κ1) is 21.9. The number of aliphatic imine (C=N–C) groups is 1. The van der Waals surface area contributed by atoms with Gasteiger partial charge in [-0.15, -0.1) is 24.0 Å². The van der Waals surface area contributed by atoms with Crippen molar-refractivity contribution in [3.63, 3.8) is 0 Å². The van der Waals surface area contributed by atoms with Gasteiger partial charge in [0.1, 0.15) is 0 Å².